The Balaban J connectivity index is 1.24. The zero-order valence-electron chi connectivity index (χ0n) is 41.6. The van der Waals surface area contributed by atoms with Crippen molar-refractivity contribution < 1.29 is 66.3 Å². The summed E-state index contributed by atoms with van der Waals surface area (Å²) in [5, 5.41) is 0. The fourth-order valence-electron chi connectivity index (χ4n) is 6.69. The lowest BCUT2D eigenvalue weighted by Crippen LogP contribution is -2.12. The first-order valence-corrected chi connectivity index (χ1v) is 22.5. The number of esters is 6. The van der Waals surface area contributed by atoms with Gasteiger partial charge in [-0.25, -0.2) is 33.2 Å². The molecule has 6 aromatic rings. The van der Waals surface area contributed by atoms with Crippen molar-refractivity contribution >= 4 is 35.8 Å². The van der Waals surface area contributed by atoms with Gasteiger partial charge in [0.1, 0.15) is 46.1 Å². The van der Waals surface area contributed by atoms with Crippen molar-refractivity contribution in [3.8, 4) is 84.8 Å². The number of rotatable bonds is 17. The van der Waals surface area contributed by atoms with Crippen molar-refractivity contribution in [3.05, 3.63) is 193 Å². The molecule has 374 valence electrons. The average Bonchev–Trinajstić information content (AvgIpc) is 3.36. The van der Waals surface area contributed by atoms with E-state index in [1.807, 2.05) is 12.1 Å². The van der Waals surface area contributed by atoms with E-state index in [-0.39, 0.29) is 73.5 Å². The smallest absolute Gasteiger partial charge is 0.346 e. The number of halogens is 1. The molecule has 13 nitrogen and oxygen atoms in total. The SMILES string of the molecule is C=C(C)C(=O)Oc1ccc(-c2ccc(-c3cc(OC(=O)C(=C)C)cc(OC(=O)C(C)=C=C(C)C(=O)Oc4cc(OC(=O)C(=C)C)cc(-c5ccc(-c6ccc(OC(=O)C(=C)C)cc6OC)cc5)c4)c3)cc2F)cc1. The highest BCUT2D eigenvalue weighted by molar-refractivity contribution is 5.95. The summed E-state index contributed by atoms with van der Waals surface area (Å²) in [6.45, 7) is 23.1. The van der Waals surface area contributed by atoms with Crippen LogP contribution in [-0.4, -0.2) is 42.9 Å². The molecule has 0 saturated carbocycles. The molecule has 74 heavy (non-hydrogen) atoms. The third-order valence-electron chi connectivity index (χ3n) is 10.6. The molecule has 0 heterocycles. The number of hydrogen-bond donors (Lipinski definition) is 0. The second-order valence-electron chi connectivity index (χ2n) is 16.9. The quantitative estimate of drug-likeness (QED) is 0.0367. The highest BCUT2D eigenvalue weighted by atomic mass is 19.1. The standard InChI is InChI=1S/C60H49FO13/c1-33(2)55(62)69-45-19-16-40(17-20-45)51-22-18-42(29-53(51)61)44-27-48(72-58(65)36(7)8)31-50(28-44)74-60(67)38(10)24-37(9)59(66)73-49-26-43(25-47(30-49)71-57(64)35(5)6)39-12-14-41(15-13-39)52-23-21-46(32-54(52)68-11)70-56(63)34(3)4/h12-23,25-32H,1,3,5,7H2,2,4,6,8-11H3. The number of methoxy groups -OCH3 is 1. The summed E-state index contributed by atoms with van der Waals surface area (Å²) in [5.41, 5.74) is 7.10. The normalized spacial score (nSPS) is 10.4. The Labute approximate surface area is 426 Å². The van der Waals surface area contributed by atoms with Gasteiger partial charge >= 0.3 is 35.8 Å². The summed E-state index contributed by atoms with van der Waals surface area (Å²) in [4.78, 5) is 76.3. The zero-order valence-corrected chi connectivity index (χ0v) is 41.6. The lowest BCUT2D eigenvalue weighted by molar-refractivity contribution is -0.131. The molecule has 0 saturated heterocycles. The number of carbonyl (C=O) groups excluding carboxylic acids is 6. The van der Waals surface area contributed by atoms with Crippen molar-refractivity contribution in [2.75, 3.05) is 7.11 Å². The number of ether oxygens (including phenoxy) is 7. The number of benzene rings is 6. The van der Waals surface area contributed by atoms with Crippen LogP contribution in [0.3, 0.4) is 0 Å². The van der Waals surface area contributed by atoms with Crippen molar-refractivity contribution in [2.24, 2.45) is 0 Å². The van der Waals surface area contributed by atoms with E-state index in [4.69, 9.17) is 33.2 Å². The van der Waals surface area contributed by atoms with Crippen molar-refractivity contribution in [3.63, 3.8) is 0 Å². The van der Waals surface area contributed by atoms with Gasteiger partial charge in [-0.05, 0) is 130 Å². The fourth-order valence-corrected chi connectivity index (χ4v) is 6.69. The summed E-state index contributed by atoms with van der Waals surface area (Å²) >= 11 is 0. The van der Waals surface area contributed by atoms with Crippen molar-refractivity contribution in [1.82, 2.24) is 0 Å². The first-order valence-electron chi connectivity index (χ1n) is 22.5. The monoisotopic (exact) mass is 996 g/mol. The second-order valence-corrected chi connectivity index (χ2v) is 16.9. The summed E-state index contributed by atoms with van der Waals surface area (Å²) in [5.74, 6) is -4.22. The van der Waals surface area contributed by atoms with E-state index >= 15 is 4.39 Å². The molecule has 0 radical (unpaired) electrons. The maximum Gasteiger partial charge on any atom is 0.346 e. The Kier molecular flexibility index (Phi) is 17.1. The van der Waals surface area contributed by atoms with E-state index in [9.17, 15) is 28.8 Å². The van der Waals surface area contributed by atoms with Crippen molar-refractivity contribution in [1.29, 1.82) is 0 Å². The van der Waals surface area contributed by atoms with E-state index in [1.54, 1.807) is 67.6 Å². The van der Waals surface area contributed by atoms with Crippen LogP contribution in [0.1, 0.15) is 41.5 Å². The fraction of sp³-hybridized carbons (Fsp3) is 0.117. The number of carbonyl (C=O) groups is 6. The Morgan fingerprint density at radius 2 is 0.703 bits per heavy atom. The molecule has 0 aliphatic heterocycles. The molecule has 0 amide bonds. The van der Waals surface area contributed by atoms with E-state index < -0.39 is 41.6 Å². The summed E-state index contributed by atoms with van der Waals surface area (Å²) in [7, 11) is 1.49. The summed E-state index contributed by atoms with van der Waals surface area (Å²) in [6, 6.07) is 31.5. The molecule has 0 atom stereocenters. The minimum atomic E-state index is -0.940. The highest BCUT2D eigenvalue weighted by Crippen LogP contribution is 2.38. The van der Waals surface area contributed by atoms with Gasteiger partial charge < -0.3 is 33.2 Å². The van der Waals surface area contributed by atoms with Gasteiger partial charge in [0.05, 0.1) is 18.3 Å². The van der Waals surface area contributed by atoms with Gasteiger partial charge in [0.2, 0.25) is 0 Å². The van der Waals surface area contributed by atoms with Crippen LogP contribution in [0.25, 0.3) is 44.5 Å². The van der Waals surface area contributed by atoms with E-state index in [0.29, 0.717) is 39.1 Å². The Hall–Kier alpha value is -9.65. The first-order chi connectivity index (χ1) is 35.1. The third-order valence-corrected chi connectivity index (χ3v) is 10.6. The molecule has 0 fully saturated rings. The van der Waals surface area contributed by atoms with Crippen LogP contribution >= 0.6 is 0 Å². The lowest BCUT2D eigenvalue weighted by Gasteiger charge is -2.13. The number of hydrogen-bond acceptors (Lipinski definition) is 13. The molecule has 0 N–H and O–H groups in total. The molecular weight excluding hydrogens is 948 g/mol. The molecule has 0 unspecified atom stereocenters. The molecule has 6 aromatic carbocycles. The van der Waals surface area contributed by atoms with Gasteiger partial charge in [-0.15, -0.1) is 0 Å². The molecule has 0 aliphatic carbocycles. The van der Waals surface area contributed by atoms with Crippen LogP contribution in [0.4, 0.5) is 4.39 Å². The van der Waals surface area contributed by atoms with Gasteiger partial charge in [0.25, 0.3) is 0 Å². The third kappa shape index (κ3) is 13.8. The van der Waals surface area contributed by atoms with Crippen LogP contribution in [0.2, 0.25) is 0 Å². The Morgan fingerprint density at radius 3 is 1.14 bits per heavy atom. The highest BCUT2D eigenvalue weighted by Gasteiger charge is 2.19. The minimum Gasteiger partial charge on any atom is -0.496 e. The molecule has 0 aliphatic rings. The summed E-state index contributed by atoms with van der Waals surface area (Å²) < 4.78 is 54.3. The van der Waals surface area contributed by atoms with Crippen LogP contribution < -0.4 is 33.2 Å². The van der Waals surface area contributed by atoms with Crippen LogP contribution in [0.5, 0.6) is 40.2 Å². The maximum atomic E-state index is 15.8. The largest absolute Gasteiger partial charge is 0.496 e. The van der Waals surface area contributed by atoms with Gasteiger partial charge in [0.15, 0.2) is 0 Å². The molecule has 6 rings (SSSR count). The van der Waals surface area contributed by atoms with Gasteiger partial charge in [-0.3, -0.25) is 0 Å². The molecule has 0 spiro atoms. The maximum absolute atomic E-state index is 15.8. The lowest BCUT2D eigenvalue weighted by atomic mass is 9.99. The Morgan fingerprint density at radius 1 is 0.365 bits per heavy atom. The van der Waals surface area contributed by atoms with Crippen LogP contribution in [0, 0.1) is 5.82 Å². The van der Waals surface area contributed by atoms with Gasteiger partial charge in [-0.1, -0.05) is 80.6 Å². The summed E-state index contributed by atoms with van der Waals surface area (Å²) in [6.07, 6.45) is 0. The molecule has 0 bridgehead atoms. The van der Waals surface area contributed by atoms with Crippen LogP contribution in [-0.2, 0) is 28.8 Å². The predicted molar refractivity (Wildman–Crippen MR) is 276 cm³/mol. The Bertz CT molecular complexity index is 3390. The van der Waals surface area contributed by atoms with Crippen molar-refractivity contribution in [2.45, 2.75) is 41.5 Å². The van der Waals surface area contributed by atoms with E-state index in [0.717, 1.165) is 5.56 Å². The molecule has 14 heteroatoms. The van der Waals surface area contributed by atoms with Gasteiger partial charge in [0, 0.05) is 51.6 Å². The average molecular weight is 997 g/mol. The van der Waals surface area contributed by atoms with Crippen LogP contribution in [0.15, 0.2) is 187 Å². The van der Waals surface area contributed by atoms with Gasteiger partial charge in [-0.2, -0.15) is 0 Å². The predicted octanol–water partition coefficient (Wildman–Crippen LogP) is 12.4. The first kappa shape index (κ1) is 53.7. The second kappa shape index (κ2) is 23.5. The van der Waals surface area contributed by atoms with E-state index in [1.165, 1.54) is 90.3 Å². The minimum absolute atomic E-state index is 0.0123. The van der Waals surface area contributed by atoms with E-state index in [2.05, 4.69) is 32.0 Å². The molecule has 0 aromatic heterocycles. The molecular formula is C60H49FO13. The topological polar surface area (TPSA) is 167 Å². The zero-order chi connectivity index (χ0) is 54.0.